The lowest BCUT2D eigenvalue weighted by molar-refractivity contribution is 0.124. The van der Waals surface area contributed by atoms with Crippen molar-refractivity contribution in [2.24, 2.45) is 0 Å². The molecule has 0 bridgehead atoms. The molecule has 0 spiro atoms. The second kappa shape index (κ2) is 6.37. The molecule has 1 aromatic carbocycles. The van der Waals surface area contributed by atoms with Gasteiger partial charge in [0.25, 0.3) is 0 Å². The predicted octanol–water partition coefficient (Wildman–Crippen LogP) is 2.18. The lowest BCUT2D eigenvalue weighted by atomic mass is 10.1. The van der Waals surface area contributed by atoms with Gasteiger partial charge in [-0.05, 0) is 25.1 Å². The highest BCUT2D eigenvalue weighted by molar-refractivity contribution is 5.57. The zero-order chi connectivity index (χ0) is 14.7. The Bertz CT molecular complexity index is 587. The van der Waals surface area contributed by atoms with Gasteiger partial charge in [-0.15, -0.1) is 10.2 Å². The summed E-state index contributed by atoms with van der Waals surface area (Å²) in [6.07, 6.45) is 0. The van der Waals surface area contributed by atoms with Crippen LogP contribution in [-0.2, 0) is 6.54 Å². The summed E-state index contributed by atoms with van der Waals surface area (Å²) in [6.45, 7) is 10.5. The summed E-state index contributed by atoms with van der Waals surface area (Å²) in [5, 5.41) is 8.39. The molecule has 2 aromatic rings. The minimum atomic E-state index is 0.621. The first-order valence-electron chi connectivity index (χ1n) is 7.59. The van der Waals surface area contributed by atoms with E-state index in [4.69, 9.17) is 4.42 Å². The molecule has 5 heteroatoms. The molecule has 0 radical (unpaired) electrons. The molecule has 0 unspecified atom stereocenters. The van der Waals surface area contributed by atoms with Crippen LogP contribution in [0.2, 0.25) is 0 Å². The second-order valence-electron chi connectivity index (χ2n) is 5.53. The van der Waals surface area contributed by atoms with Gasteiger partial charge in [-0.25, -0.2) is 0 Å². The minimum Gasteiger partial charge on any atom is -0.419 e. The standard InChI is InChI=1S/C16H22N4O/c1-3-19-8-10-20(11-9-19)12-15-17-18-16(21-15)14-7-5-4-6-13(14)2/h4-7H,3,8-12H2,1-2H3. The Morgan fingerprint density at radius 3 is 2.48 bits per heavy atom. The topological polar surface area (TPSA) is 45.4 Å². The van der Waals surface area contributed by atoms with E-state index in [0.29, 0.717) is 11.8 Å². The van der Waals surface area contributed by atoms with Crippen molar-refractivity contribution in [2.45, 2.75) is 20.4 Å². The van der Waals surface area contributed by atoms with Gasteiger partial charge < -0.3 is 9.32 Å². The molecule has 1 saturated heterocycles. The molecule has 0 amide bonds. The van der Waals surface area contributed by atoms with Gasteiger partial charge in [0.1, 0.15) is 0 Å². The second-order valence-corrected chi connectivity index (χ2v) is 5.53. The first-order valence-corrected chi connectivity index (χ1v) is 7.59. The van der Waals surface area contributed by atoms with E-state index in [1.807, 2.05) is 18.2 Å². The predicted molar refractivity (Wildman–Crippen MR) is 81.9 cm³/mol. The fraction of sp³-hybridized carbons (Fsp3) is 0.500. The van der Waals surface area contributed by atoms with Crippen LogP contribution in [0.1, 0.15) is 18.4 Å². The number of hydrogen-bond acceptors (Lipinski definition) is 5. The molecule has 2 heterocycles. The number of aryl methyl sites for hydroxylation is 1. The lowest BCUT2D eigenvalue weighted by Gasteiger charge is -2.33. The maximum absolute atomic E-state index is 5.83. The van der Waals surface area contributed by atoms with E-state index in [1.54, 1.807) is 0 Å². The van der Waals surface area contributed by atoms with Gasteiger partial charge >= 0.3 is 0 Å². The normalized spacial score (nSPS) is 17.2. The third kappa shape index (κ3) is 3.31. The Morgan fingerprint density at radius 2 is 1.76 bits per heavy atom. The van der Waals surface area contributed by atoms with Crippen LogP contribution in [0.3, 0.4) is 0 Å². The molecule has 0 atom stereocenters. The quantitative estimate of drug-likeness (QED) is 0.862. The van der Waals surface area contributed by atoms with Gasteiger partial charge in [-0.1, -0.05) is 25.1 Å². The molecule has 1 aliphatic rings. The highest BCUT2D eigenvalue weighted by atomic mass is 16.4. The third-order valence-corrected chi connectivity index (χ3v) is 4.11. The number of nitrogens with zero attached hydrogens (tertiary/aromatic N) is 4. The Labute approximate surface area is 125 Å². The molecule has 112 valence electrons. The van der Waals surface area contributed by atoms with E-state index < -0.39 is 0 Å². The van der Waals surface area contributed by atoms with Crippen molar-refractivity contribution < 1.29 is 4.42 Å². The van der Waals surface area contributed by atoms with Crippen molar-refractivity contribution in [3.8, 4) is 11.5 Å². The SMILES string of the molecule is CCN1CCN(Cc2nnc(-c3ccccc3C)o2)CC1. The largest absolute Gasteiger partial charge is 0.419 e. The monoisotopic (exact) mass is 286 g/mol. The Balaban J connectivity index is 1.65. The van der Waals surface area contributed by atoms with Gasteiger partial charge in [0, 0.05) is 31.7 Å². The number of aromatic nitrogens is 2. The van der Waals surface area contributed by atoms with Crippen LogP contribution in [0.25, 0.3) is 11.5 Å². The molecule has 1 fully saturated rings. The summed E-state index contributed by atoms with van der Waals surface area (Å²) >= 11 is 0. The number of benzene rings is 1. The van der Waals surface area contributed by atoms with E-state index in [9.17, 15) is 0 Å². The van der Waals surface area contributed by atoms with Crippen LogP contribution < -0.4 is 0 Å². The summed E-state index contributed by atoms with van der Waals surface area (Å²) in [7, 11) is 0. The minimum absolute atomic E-state index is 0.621. The highest BCUT2D eigenvalue weighted by Gasteiger charge is 2.18. The Kier molecular flexibility index (Phi) is 4.31. The molecule has 0 N–H and O–H groups in total. The molecule has 3 rings (SSSR count). The van der Waals surface area contributed by atoms with Crippen molar-refractivity contribution in [1.29, 1.82) is 0 Å². The van der Waals surface area contributed by atoms with Crippen LogP contribution >= 0.6 is 0 Å². The maximum Gasteiger partial charge on any atom is 0.248 e. The molecule has 1 aliphatic heterocycles. The number of likely N-dealkylation sites (N-methyl/N-ethyl adjacent to an activating group) is 1. The zero-order valence-electron chi connectivity index (χ0n) is 12.7. The molecule has 21 heavy (non-hydrogen) atoms. The van der Waals surface area contributed by atoms with E-state index in [2.05, 4.69) is 39.9 Å². The fourth-order valence-corrected chi connectivity index (χ4v) is 2.69. The van der Waals surface area contributed by atoms with E-state index in [1.165, 1.54) is 0 Å². The summed E-state index contributed by atoms with van der Waals surface area (Å²) in [6, 6.07) is 8.09. The van der Waals surface area contributed by atoms with Gasteiger partial charge in [-0.3, -0.25) is 4.90 Å². The van der Waals surface area contributed by atoms with Gasteiger partial charge in [-0.2, -0.15) is 0 Å². The first kappa shape index (κ1) is 14.2. The van der Waals surface area contributed by atoms with Crippen LogP contribution in [0.4, 0.5) is 0 Å². The average Bonchev–Trinajstić information content (AvgIpc) is 2.97. The van der Waals surface area contributed by atoms with Crippen molar-refractivity contribution in [1.82, 2.24) is 20.0 Å². The lowest BCUT2D eigenvalue weighted by Crippen LogP contribution is -2.45. The number of piperazine rings is 1. The molecule has 5 nitrogen and oxygen atoms in total. The Morgan fingerprint density at radius 1 is 1.05 bits per heavy atom. The zero-order valence-corrected chi connectivity index (χ0v) is 12.7. The molecular weight excluding hydrogens is 264 g/mol. The van der Waals surface area contributed by atoms with Crippen LogP contribution in [-0.4, -0.2) is 52.7 Å². The summed E-state index contributed by atoms with van der Waals surface area (Å²) in [4.78, 5) is 4.84. The number of hydrogen-bond donors (Lipinski definition) is 0. The Hall–Kier alpha value is -1.72. The summed E-state index contributed by atoms with van der Waals surface area (Å²) in [5.41, 5.74) is 2.18. The van der Waals surface area contributed by atoms with Gasteiger partial charge in [0.15, 0.2) is 0 Å². The molecular formula is C16H22N4O. The van der Waals surface area contributed by atoms with Crippen LogP contribution in [0, 0.1) is 6.92 Å². The summed E-state index contributed by atoms with van der Waals surface area (Å²) in [5.74, 6) is 1.33. The maximum atomic E-state index is 5.83. The first-order chi connectivity index (χ1) is 10.3. The molecule has 0 aliphatic carbocycles. The van der Waals surface area contributed by atoms with Gasteiger partial charge in [0.05, 0.1) is 6.54 Å². The van der Waals surface area contributed by atoms with Crippen molar-refractivity contribution >= 4 is 0 Å². The van der Waals surface area contributed by atoms with Crippen molar-refractivity contribution in [3.63, 3.8) is 0 Å². The van der Waals surface area contributed by atoms with E-state index in [-0.39, 0.29) is 0 Å². The van der Waals surface area contributed by atoms with Crippen molar-refractivity contribution in [2.75, 3.05) is 32.7 Å². The van der Waals surface area contributed by atoms with Crippen molar-refractivity contribution in [3.05, 3.63) is 35.7 Å². The van der Waals surface area contributed by atoms with Crippen LogP contribution in [0.5, 0.6) is 0 Å². The molecule has 0 saturated carbocycles. The van der Waals surface area contributed by atoms with Crippen LogP contribution in [0.15, 0.2) is 28.7 Å². The highest BCUT2D eigenvalue weighted by Crippen LogP contribution is 2.22. The van der Waals surface area contributed by atoms with E-state index >= 15 is 0 Å². The summed E-state index contributed by atoms with van der Waals surface area (Å²) < 4.78 is 5.83. The average molecular weight is 286 g/mol. The number of rotatable bonds is 4. The third-order valence-electron chi connectivity index (χ3n) is 4.11. The van der Waals surface area contributed by atoms with Gasteiger partial charge in [0.2, 0.25) is 11.8 Å². The van der Waals surface area contributed by atoms with E-state index in [0.717, 1.165) is 50.4 Å². The smallest absolute Gasteiger partial charge is 0.248 e. The molecule has 1 aromatic heterocycles. The fourth-order valence-electron chi connectivity index (χ4n) is 2.69.